The summed E-state index contributed by atoms with van der Waals surface area (Å²) in [5, 5.41) is 16.4. The summed E-state index contributed by atoms with van der Waals surface area (Å²) in [5.41, 5.74) is 0.449. The minimum atomic E-state index is -0.861. The second kappa shape index (κ2) is 5.59. The van der Waals surface area contributed by atoms with E-state index in [9.17, 15) is 5.11 Å². The summed E-state index contributed by atoms with van der Waals surface area (Å²) in [4.78, 5) is 17.6. The summed E-state index contributed by atoms with van der Waals surface area (Å²) in [7, 11) is 5.59. The van der Waals surface area contributed by atoms with Gasteiger partial charge >= 0.3 is 0 Å². The molecule has 0 radical (unpaired) electrons. The van der Waals surface area contributed by atoms with Crippen LogP contribution < -0.4 is 10.6 Å². The van der Waals surface area contributed by atoms with Crippen molar-refractivity contribution in [1.29, 1.82) is 0 Å². The number of nitrogens with zero attached hydrogens (tertiary/aromatic N) is 4. The van der Waals surface area contributed by atoms with Gasteiger partial charge in [-0.15, -0.1) is 0 Å². The topological polar surface area (TPSA) is 102 Å². The first kappa shape index (κ1) is 14.5. The fourth-order valence-corrected chi connectivity index (χ4v) is 2.08. The van der Waals surface area contributed by atoms with E-state index in [4.69, 9.17) is 0 Å². The summed E-state index contributed by atoms with van der Waals surface area (Å²) in [5.74, 6) is 1.11. The van der Waals surface area contributed by atoms with Crippen LogP contribution in [0.25, 0.3) is 11.2 Å². The van der Waals surface area contributed by atoms with E-state index in [2.05, 4.69) is 30.6 Å². The van der Waals surface area contributed by atoms with Gasteiger partial charge in [-0.3, -0.25) is 0 Å². The van der Waals surface area contributed by atoms with E-state index in [1.807, 2.05) is 19.0 Å². The Morgan fingerprint density at radius 3 is 2.80 bits per heavy atom. The van der Waals surface area contributed by atoms with Crippen molar-refractivity contribution < 1.29 is 5.11 Å². The van der Waals surface area contributed by atoms with E-state index < -0.39 is 5.60 Å². The van der Waals surface area contributed by atoms with E-state index in [1.165, 1.54) is 0 Å². The molecule has 0 saturated heterocycles. The van der Waals surface area contributed by atoms with Gasteiger partial charge in [-0.2, -0.15) is 9.97 Å². The molecule has 20 heavy (non-hydrogen) atoms. The number of hydrogen-bond donors (Lipinski definition) is 4. The normalized spacial score (nSPS) is 14.5. The van der Waals surface area contributed by atoms with Crippen molar-refractivity contribution in [2.24, 2.45) is 0 Å². The maximum Gasteiger partial charge on any atom is 0.226 e. The molecule has 8 nitrogen and oxygen atoms in total. The van der Waals surface area contributed by atoms with Gasteiger partial charge in [0.1, 0.15) is 5.52 Å². The molecule has 2 rings (SSSR count). The average molecular weight is 279 g/mol. The lowest BCUT2D eigenvalue weighted by Gasteiger charge is -2.27. The van der Waals surface area contributed by atoms with Crippen LogP contribution in [0.3, 0.4) is 0 Å². The van der Waals surface area contributed by atoms with Gasteiger partial charge in [-0.05, 0) is 21.0 Å². The maximum absolute atomic E-state index is 10.3. The highest BCUT2D eigenvalue weighted by atomic mass is 16.3. The molecule has 4 N–H and O–H groups in total. The average Bonchev–Trinajstić information content (AvgIpc) is 2.82. The van der Waals surface area contributed by atoms with Gasteiger partial charge in [0.15, 0.2) is 11.5 Å². The van der Waals surface area contributed by atoms with Gasteiger partial charge in [0.2, 0.25) is 5.95 Å². The fourth-order valence-electron chi connectivity index (χ4n) is 2.08. The summed E-state index contributed by atoms with van der Waals surface area (Å²) in [6, 6.07) is 0. The second-order valence-electron chi connectivity index (χ2n) is 5.34. The fraction of sp³-hybridized carbons (Fsp3) is 0.583. The summed E-state index contributed by atoms with van der Waals surface area (Å²) < 4.78 is 0. The molecule has 2 heterocycles. The van der Waals surface area contributed by atoms with Gasteiger partial charge in [-0.1, -0.05) is 0 Å². The first-order chi connectivity index (χ1) is 9.41. The maximum atomic E-state index is 10.3. The number of anilines is 2. The first-order valence-electron chi connectivity index (χ1n) is 6.41. The molecule has 0 saturated carbocycles. The number of H-pyrrole nitrogens is 1. The van der Waals surface area contributed by atoms with Gasteiger partial charge in [0.25, 0.3) is 0 Å². The molecule has 0 aromatic carbocycles. The van der Waals surface area contributed by atoms with Crippen LogP contribution in [-0.2, 0) is 0 Å². The Morgan fingerprint density at radius 1 is 1.40 bits per heavy atom. The predicted octanol–water partition coefficient (Wildman–Crippen LogP) is 0.119. The van der Waals surface area contributed by atoms with Crippen LogP contribution in [0.2, 0.25) is 0 Å². The zero-order valence-electron chi connectivity index (χ0n) is 12.2. The minimum Gasteiger partial charge on any atom is -0.387 e. The Hall–Kier alpha value is -1.93. The zero-order valence-corrected chi connectivity index (χ0v) is 12.2. The molecule has 1 unspecified atom stereocenters. The van der Waals surface area contributed by atoms with E-state index in [1.54, 1.807) is 20.3 Å². The zero-order chi connectivity index (χ0) is 14.8. The molecule has 110 valence electrons. The van der Waals surface area contributed by atoms with Gasteiger partial charge in [0.05, 0.1) is 11.9 Å². The molecule has 8 heteroatoms. The van der Waals surface area contributed by atoms with Gasteiger partial charge in [0, 0.05) is 20.1 Å². The Bertz CT molecular complexity index is 578. The highest BCUT2D eigenvalue weighted by Crippen LogP contribution is 2.19. The van der Waals surface area contributed by atoms with Crippen LogP contribution in [0.4, 0.5) is 11.8 Å². The third-order valence-corrected chi connectivity index (χ3v) is 2.80. The van der Waals surface area contributed by atoms with E-state index in [0.29, 0.717) is 30.5 Å². The SMILES string of the molecule is CNc1nc(NCC(C)(O)CN(C)C)c2[nH]cnc2n1. The number of imidazole rings is 1. The van der Waals surface area contributed by atoms with Crippen molar-refractivity contribution >= 4 is 22.9 Å². The monoisotopic (exact) mass is 279 g/mol. The lowest BCUT2D eigenvalue weighted by Crippen LogP contribution is -2.43. The standard InChI is InChI=1S/C12H21N7O/c1-12(20,6-19(3)4)5-14-9-8-10(16-7-15-8)18-11(13-2)17-9/h7,20H,5-6H2,1-4H3,(H3,13,14,15,16,17,18). The molecule has 0 aliphatic heterocycles. The van der Waals surface area contributed by atoms with E-state index in [0.717, 1.165) is 5.52 Å². The quantitative estimate of drug-likeness (QED) is 0.595. The van der Waals surface area contributed by atoms with Gasteiger partial charge < -0.3 is 25.6 Å². The smallest absolute Gasteiger partial charge is 0.226 e. The summed E-state index contributed by atoms with van der Waals surface area (Å²) in [6.07, 6.45) is 1.57. The van der Waals surface area contributed by atoms with Crippen LogP contribution in [0, 0.1) is 0 Å². The molecular formula is C12H21N7O. The summed E-state index contributed by atoms with van der Waals surface area (Å²) in [6.45, 7) is 2.71. The Labute approximate surface area is 117 Å². The van der Waals surface area contributed by atoms with Crippen molar-refractivity contribution in [3.63, 3.8) is 0 Å². The second-order valence-corrected chi connectivity index (χ2v) is 5.34. The van der Waals surface area contributed by atoms with Crippen LogP contribution in [0.15, 0.2) is 6.33 Å². The highest BCUT2D eigenvalue weighted by molar-refractivity contribution is 5.83. The van der Waals surface area contributed by atoms with Crippen molar-refractivity contribution in [3.8, 4) is 0 Å². The van der Waals surface area contributed by atoms with Crippen molar-refractivity contribution in [2.75, 3.05) is 44.9 Å². The number of likely N-dealkylation sites (N-methyl/N-ethyl adjacent to an activating group) is 1. The van der Waals surface area contributed by atoms with Crippen molar-refractivity contribution in [1.82, 2.24) is 24.8 Å². The number of fused-ring (bicyclic) bond motifs is 1. The number of rotatable bonds is 6. The molecule has 0 spiro atoms. The van der Waals surface area contributed by atoms with Crippen LogP contribution in [0.5, 0.6) is 0 Å². The molecular weight excluding hydrogens is 258 g/mol. The number of aliphatic hydroxyl groups is 1. The third-order valence-electron chi connectivity index (χ3n) is 2.80. The lowest BCUT2D eigenvalue weighted by atomic mass is 10.1. The largest absolute Gasteiger partial charge is 0.387 e. The molecule has 2 aromatic heterocycles. The third kappa shape index (κ3) is 3.34. The Morgan fingerprint density at radius 2 is 2.15 bits per heavy atom. The van der Waals surface area contributed by atoms with Crippen LogP contribution in [-0.4, -0.2) is 69.8 Å². The molecule has 0 amide bonds. The van der Waals surface area contributed by atoms with Gasteiger partial charge in [-0.25, -0.2) is 4.98 Å². The van der Waals surface area contributed by atoms with Crippen LogP contribution >= 0.6 is 0 Å². The number of nitrogens with one attached hydrogen (secondary N) is 3. The van der Waals surface area contributed by atoms with E-state index in [-0.39, 0.29) is 0 Å². The molecule has 0 aliphatic rings. The Balaban J connectivity index is 2.18. The minimum absolute atomic E-state index is 0.374. The van der Waals surface area contributed by atoms with Crippen molar-refractivity contribution in [3.05, 3.63) is 6.33 Å². The molecule has 2 aromatic rings. The molecule has 1 atom stereocenters. The summed E-state index contributed by atoms with van der Waals surface area (Å²) >= 11 is 0. The van der Waals surface area contributed by atoms with Crippen LogP contribution in [0.1, 0.15) is 6.92 Å². The molecule has 0 aliphatic carbocycles. The van der Waals surface area contributed by atoms with E-state index >= 15 is 0 Å². The number of hydrogen-bond acceptors (Lipinski definition) is 7. The molecule has 0 fully saturated rings. The van der Waals surface area contributed by atoms with Crippen molar-refractivity contribution in [2.45, 2.75) is 12.5 Å². The number of aromatic nitrogens is 4. The molecule has 0 bridgehead atoms. The first-order valence-corrected chi connectivity index (χ1v) is 6.41. The lowest BCUT2D eigenvalue weighted by molar-refractivity contribution is 0.0459. The predicted molar refractivity (Wildman–Crippen MR) is 78.9 cm³/mol. The number of aromatic amines is 1. The Kier molecular flexibility index (Phi) is 4.05. The highest BCUT2D eigenvalue weighted by Gasteiger charge is 2.22.